The molecule has 0 bridgehead atoms. The van der Waals surface area contributed by atoms with E-state index >= 15 is 0 Å². The van der Waals surface area contributed by atoms with Crippen LogP contribution in [0.3, 0.4) is 0 Å². The van der Waals surface area contributed by atoms with Crippen LogP contribution in [0.5, 0.6) is 5.75 Å². The fourth-order valence-electron chi connectivity index (χ4n) is 7.58. The zero-order valence-electron chi connectivity index (χ0n) is 19.5. The molecule has 172 valence electrons. The first kappa shape index (κ1) is 21.3. The van der Waals surface area contributed by atoms with Crippen molar-refractivity contribution in [3.05, 3.63) is 35.9 Å². The third-order valence-electron chi connectivity index (χ3n) is 8.55. The van der Waals surface area contributed by atoms with E-state index in [4.69, 9.17) is 14.2 Å². The van der Waals surface area contributed by atoms with Gasteiger partial charge in [0, 0.05) is 49.1 Å². The molecular formula is C25H32N2O5. The highest BCUT2D eigenvalue weighted by Gasteiger charge is 2.74. The zero-order chi connectivity index (χ0) is 22.8. The van der Waals surface area contributed by atoms with Crippen molar-refractivity contribution >= 4 is 17.6 Å². The van der Waals surface area contributed by atoms with E-state index in [1.165, 1.54) is 19.6 Å². The van der Waals surface area contributed by atoms with Crippen molar-refractivity contribution in [2.75, 3.05) is 39.3 Å². The molecule has 1 saturated carbocycles. The van der Waals surface area contributed by atoms with Gasteiger partial charge in [-0.05, 0) is 31.0 Å². The Labute approximate surface area is 189 Å². The molecule has 3 heterocycles. The van der Waals surface area contributed by atoms with Gasteiger partial charge in [-0.1, -0.05) is 25.1 Å². The van der Waals surface area contributed by atoms with Crippen LogP contribution < -0.4 is 9.64 Å². The number of carbonyl (C=O) groups excluding carboxylic acids is 2. The van der Waals surface area contributed by atoms with Crippen molar-refractivity contribution < 1.29 is 23.8 Å². The Balaban J connectivity index is 1.81. The number of hydrogen-bond donors (Lipinski definition) is 0. The molecule has 1 saturated heterocycles. The van der Waals surface area contributed by atoms with Crippen molar-refractivity contribution in [2.45, 2.75) is 50.3 Å². The quantitative estimate of drug-likeness (QED) is 0.526. The standard InChI is InChI=1S/C25H32N2O5/c1-6-24-10-7-12-27-13-11-25(23(24)27)17-9-8-16(30-4)14-18(17)26(3)20(25)19(22(29)31-5)21(24)32-15(2)28/h7-10,14,19-21,23H,6,11-13H2,1-5H3/t19?,20?,21-,23-,24-,25-/m0/s1. The lowest BCUT2D eigenvalue weighted by atomic mass is 9.49. The fourth-order valence-corrected chi connectivity index (χ4v) is 7.58. The number of ether oxygens (including phenoxy) is 3. The molecule has 0 radical (unpaired) electrons. The topological polar surface area (TPSA) is 68.3 Å². The van der Waals surface area contributed by atoms with Crippen LogP contribution in [0.4, 0.5) is 5.69 Å². The predicted molar refractivity (Wildman–Crippen MR) is 120 cm³/mol. The number of likely N-dealkylation sites (N-methyl/N-ethyl adjacent to an activating group) is 1. The van der Waals surface area contributed by atoms with Gasteiger partial charge in [0.25, 0.3) is 0 Å². The molecule has 0 N–H and O–H groups in total. The van der Waals surface area contributed by atoms with Crippen LogP contribution in [0.15, 0.2) is 30.4 Å². The van der Waals surface area contributed by atoms with Gasteiger partial charge in [0.1, 0.15) is 17.8 Å². The molecule has 7 nitrogen and oxygen atoms in total. The Morgan fingerprint density at radius 1 is 1.25 bits per heavy atom. The number of nitrogens with zero attached hydrogens (tertiary/aromatic N) is 2. The van der Waals surface area contributed by atoms with E-state index in [0.717, 1.165) is 37.4 Å². The number of rotatable bonds is 4. The first-order valence-electron chi connectivity index (χ1n) is 11.4. The third kappa shape index (κ3) is 2.46. The van der Waals surface area contributed by atoms with Crippen LogP contribution in [0, 0.1) is 11.3 Å². The van der Waals surface area contributed by atoms with Crippen LogP contribution >= 0.6 is 0 Å². The molecule has 2 fully saturated rings. The molecule has 7 heteroatoms. The van der Waals surface area contributed by atoms with E-state index < -0.39 is 17.4 Å². The maximum absolute atomic E-state index is 13.4. The molecule has 32 heavy (non-hydrogen) atoms. The van der Waals surface area contributed by atoms with Gasteiger partial charge in [-0.3, -0.25) is 14.5 Å². The summed E-state index contributed by atoms with van der Waals surface area (Å²) in [6, 6.07) is 6.20. The number of esters is 2. The normalized spacial score (nSPS) is 36.8. The molecule has 3 aliphatic heterocycles. The van der Waals surface area contributed by atoms with Gasteiger partial charge in [-0.15, -0.1) is 0 Å². The highest BCUT2D eigenvalue weighted by Crippen LogP contribution is 2.66. The number of methoxy groups -OCH3 is 2. The molecule has 1 aromatic rings. The van der Waals surface area contributed by atoms with Crippen molar-refractivity contribution in [3.8, 4) is 5.75 Å². The Morgan fingerprint density at radius 2 is 2.03 bits per heavy atom. The lowest BCUT2D eigenvalue weighted by Gasteiger charge is -2.61. The van der Waals surface area contributed by atoms with E-state index in [0.29, 0.717) is 0 Å². The highest BCUT2D eigenvalue weighted by atomic mass is 16.6. The summed E-state index contributed by atoms with van der Waals surface area (Å²) in [7, 11) is 5.13. The number of anilines is 1. The first-order valence-corrected chi connectivity index (χ1v) is 11.4. The monoisotopic (exact) mass is 440 g/mol. The molecule has 5 rings (SSSR count). The summed E-state index contributed by atoms with van der Waals surface area (Å²) in [5.41, 5.74) is 1.58. The van der Waals surface area contributed by atoms with Crippen LogP contribution in [0.25, 0.3) is 0 Å². The van der Waals surface area contributed by atoms with Gasteiger partial charge >= 0.3 is 11.9 Å². The fraction of sp³-hybridized carbons (Fsp3) is 0.600. The van der Waals surface area contributed by atoms with Crippen molar-refractivity contribution in [3.63, 3.8) is 0 Å². The number of hydrogen-bond acceptors (Lipinski definition) is 7. The number of benzene rings is 1. The van der Waals surface area contributed by atoms with E-state index in [9.17, 15) is 9.59 Å². The molecule has 1 aromatic carbocycles. The van der Waals surface area contributed by atoms with Gasteiger partial charge < -0.3 is 19.1 Å². The predicted octanol–water partition coefficient (Wildman–Crippen LogP) is 2.53. The Kier molecular flexibility index (Phi) is 4.82. The molecule has 0 aromatic heterocycles. The highest BCUT2D eigenvalue weighted by molar-refractivity contribution is 5.80. The minimum atomic E-state index is -0.605. The summed E-state index contributed by atoms with van der Waals surface area (Å²) in [5, 5.41) is 0. The second kappa shape index (κ2) is 7.24. The van der Waals surface area contributed by atoms with Crippen molar-refractivity contribution in [1.29, 1.82) is 0 Å². The summed E-state index contributed by atoms with van der Waals surface area (Å²) in [4.78, 5) is 30.5. The minimum absolute atomic E-state index is 0.123. The van der Waals surface area contributed by atoms with Crippen LogP contribution in [-0.4, -0.2) is 69.4 Å². The summed E-state index contributed by atoms with van der Waals surface area (Å²) < 4.78 is 16.9. The van der Waals surface area contributed by atoms with Crippen LogP contribution in [-0.2, 0) is 24.5 Å². The second-order valence-corrected chi connectivity index (χ2v) is 9.57. The Morgan fingerprint density at radius 3 is 2.69 bits per heavy atom. The van der Waals surface area contributed by atoms with E-state index in [-0.39, 0.29) is 29.4 Å². The van der Waals surface area contributed by atoms with Gasteiger partial charge in [0.05, 0.1) is 20.3 Å². The molecule has 1 spiro atoms. The van der Waals surface area contributed by atoms with E-state index in [1.54, 1.807) is 7.11 Å². The molecule has 6 atom stereocenters. The zero-order valence-corrected chi connectivity index (χ0v) is 19.5. The summed E-state index contributed by atoms with van der Waals surface area (Å²) in [6.45, 7) is 5.37. The smallest absolute Gasteiger partial charge is 0.314 e. The number of carbonyl (C=O) groups is 2. The van der Waals surface area contributed by atoms with Crippen LogP contribution in [0.2, 0.25) is 0 Å². The van der Waals surface area contributed by atoms with Gasteiger partial charge in [0.15, 0.2) is 0 Å². The Hall–Kier alpha value is -2.54. The van der Waals surface area contributed by atoms with E-state index in [1.807, 2.05) is 13.1 Å². The minimum Gasteiger partial charge on any atom is -0.497 e. The average molecular weight is 441 g/mol. The first-order chi connectivity index (χ1) is 15.4. The summed E-state index contributed by atoms with van der Waals surface area (Å²) >= 11 is 0. The lowest BCUT2D eigenvalue weighted by molar-refractivity contribution is -0.183. The summed E-state index contributed by atoms with van der Waals surface area (Å²) in [6.07, 6.45) is 5.51. The van der Waals surface area contributed by atoms with E-state index in [2.05, 4.69) is 41.0 Å². The van der Waals surface area contributed by atoms with Gasteiger partial charge in [-0.25, -0.2) is 0 Å². The maximum atomic E-state index is 13.4. The number of fused-ring (bicyclic) bond motifs is 1. The van der Waals surface area contributed by atoms with Crippen LogP contribution in [0.1, 0.15) is 32.3 Å². The SMILES string of the molecule is CC[C@]12C=CCN3CC[C@@]4(c5ccc(OC)cc5N(C)C4C(C(=O)OC)[C@@H]1OC(C)=O)[C@@H]32. The second-order valence-electron chi connectivity index (χ2n) is 9.57. The maximum Gasteiger partial charge on any atom is 0.314 e. The third-order valence-corrected chi connectivity index (χ3v) is 8.55. The largest absolute Gasteiger partial charge is 0.497 e. The van der Waals surface area contributed by atoms with Gasteiger partial charge in [0.2, 0.25) is 0 Å². The van der Waals surface area contributed by atoms with Crippen molar-refractivity contribution in [2.24, 2.45) is 11.3 Å². The average Bonchev–Trinajstić information content (AvgIpc) is 3.30. The lowest BCUT2D eigenvalue weighted by Crippen LogP contribution is -2.73. The molecular weight excluding hydrogens is 408 g/mol. The molecule has 1 aliphatic carbocycles. The summed E-state index contributed by atoms with van der Waals surface area (Å²) in [5.74, 6) is -0.508. The Bertz CT molecular complexity index is 993. The molecule has 4 aliphatic rings. The van der Waals surface area contributed by atoms with Gasteiger partial charge in [-0.2, -0.15) is 0 Å². The van der Waals surface area contributed by atoms with Crippen molar-refractivity contribution in [1.82, 2.24) is 4.90 Å². The molecule has 0 amide bonds. The molecule has 2 unspecified atom stereocenters.